The predicted octanol–water partition coefficient (Wildman–Crippen LogP) is 3.27. The quantitative estimate of drug-likeness (QED) is 0.924. The first-order valence-electron chi connectivity index (χ1n) is 7.17. The van der Waals surface area contributed by atoms with E-state index in [4.69, 9.17) is 17.3 Å². The molecule has 19 heavy (non-hydrogen) atoms. The van der Waals surface area contributed by atoms with Gasteiger partial charge in [0.05, 0.1) is 16.4 Å². The van der Waals surface area contributed by atoms with Crippen LogP contribution in [0.2, 0.25) is 5.02 Å². The largest absolute Gasteiger partial charge is 0.328 e. The molecule has 2 N–H and O–H groups in total. The first-order valence-corrected chi connectivity index (χ1v) is 7.55. The second-order valence-corrected chi connectivity index (χ2v) is 5.94. The van der Waals surface area contributed by atoms with Gasteiger partial charge in [0.15, 0.2) is 0 Å². The Morgan fingerprint density at radius 2 is 2.26 bits per heavy atom. The van der Waals surface area contributed by atoms with E-state index in [0.29, 0.717) is 24.3 Å². The van der Waals surface area contributed by atoms with Crippen molar-refractivity contribution >= 4 is 11.6 Å². The Balaban J connectivity index is 2.24. The van der Waals surface area contributed by atoms with Crippen molar-refractivity contribution in [2.75, 3.05) is 0 Å². The van der Waals surface area contributed by atoms with E-state index in [-0.39, 0.29) is 6.04 Å². The van der Waals surface area contributed by atoms with Gasteiger partial charge in [0.2, 0.25) is 0 Å². The minimum absolute atomic E-state index is 0.0267. The third kappa shape index (κ3) is 3.11. The molecule has 0 spiro atoms. The van der Waals surface area contributed by atoms with Crippen molar-refractivity contribution in [3.63, 3.8) is 0 Å². The Labute approximate surface area is 119 Å². The minimum atomic E-state index is -1.22. The van der Waals surface area contributed by atoms with E-state index in [0.717, 1.165) is 37.2 Å². The Hall–Kier alpha value is -0.610. The smallest absolute Gasteiger partial charge is 0.118 e. The highest BCUT2D eigenvalue weighted by atomic mass is 35.5. The van der Waals surface area contributed by atoms with Crippen molar-refractivity contribution in [1.29, 1.82) is 0 Å². The van der Waals surface area contributed by atoms with Gasteiger partial charge in [-0.1, -0.05) is 18.5 Å². The molecular formula is C14H23ClFN3. The number of halogens is 2. The molecule has 1 aromatic rings. The number of nitrogens with zero attached hydrogens (tertiary/aromatic N) is 2. The summed E-state index contributed by atoms with van der Waals surface area (Å²) in [4.78, 5) is 0. The summed E-state index contributed by atoms with van der Waals surface area (Å²) in [5.41, 5.74) is 6.38. The van der Waals surface area contributed by atoms with Crippen LogP contribution in [0.5, 0.6) is 0 Å². The molecule has 0 saturated heterocycles. The van der Waals surface area contributed by atoms with Crippen molar-refractivity contribution in [3.8, 4) is 0 Å². The number of hydrogen-bond donors (Lipinski definition) is 1. The molecule has 1 fully saturated rings. The summed E-state index contributed by atoms with van der Waals surface area (Å²) in [5, 5.41) is 5.09. The van der Waals surface area contributed by atoms with E-state index < -0.39 is 5.67 Å². The molecular weight excluding hydrogens is 265 g/mol. The number of aromatic nitrogens is 2. The zero-order valence-electron chi connectivity index (χ0n) is 11.8. The summed E-state index contributed by atoms with van der Waals surface area (Å²) in [5.74, 6) is 0. The van der Waals surface area contributed by atoms with E-state index in [2.05, 4.69) is 5.10 Å². The van der Waals surface area contributed by atoms with Gasteiger partial charge >= 0.3 is 0 Å². The molecule has 0 aliphatic heterocycles. The Kier molecular flexibility index (Phi) is 4.51. The first kappa shape index (κ1) is 14.8. The molecule has 2 unspecified atom stereocenters. The zero-order chi connectivity index (χ0) is 14.0. The van der Waals surface area contributed by atoms with Gasteiger partial charge in [-0.2, -0.15) is 5.10 Å². The fourth-order valence-electron chi connectivity index (χ4n) is 3.00. The molecule has 0 radical (unpaired) electrons. The predicted molar refractivity (Wildman–Crippen MR) is 76.3 cm³/mol. The number of rotatable bonds is 4. The lowest BCUT2D eigenvalue weighted by molar-refractivity contribution is 0.0940. The van der Waals surface area contributed by atoms with Gasteiger partial charge in [-0.05, 0) is 39.0 Å². The summed E-state index contributed by atoms with van der Waals surface area (Å²) in [6, 6.07) is -0.0267. The fraction of sp³-hybridized carbons (Fsp3) is 0.786. The van der Waals surface area contributed by atoms with Gasteiger partial charge in [-0.3, -0.25) is 4.68 Å². The highest BCUT2D eigenvalue weighted by molar-refractivity contribution is 6.31. The van der Waals surface area contributed by atoms with Gasteiger partial charge in [-0.15, -0.1) is 0 Å². The summed E-state index contributed by atoms with van der Waals surface area (Å²) in [6.07, 6.45) is 3.90. The molecule has 3 nitrogen and oxygen atoms in total. The monoisotopic (exact) mass is 287 g/mol. The standard InChI is InChI=1S/C14H23ClFN3/c1-3-11-13(15)12(19(4-2)18-11)9-14(16)7-5-6-10(17)8-14/h10H,3-9,17H2,1-2H3. The molecule has 5 heteroatoms. The molecule has 108 valence electrons. The third-order valence-electron chi connectivity index (χ3n) is 4.01. The number of aryl methyl sites for hydroxylation is 2. The lowest BCUT2D eigenvalue weighted by Crippen LogP contribution is -2.40. The SMILES string of the molecule is CCc1nn(CC)c(CC2(F)CCCC(N)C2)c1Cl. The van der Waals surface area contributed by atoms with E-state index in [1.807, 2.05) is 18.5 Å². The highest BCUT2D eigenvalue weighted by Crippen LogP contribution is 2.36. The fourth-order valence-corrected chi connectivity index (χ4v) is 3.34. The average Bonchev–Trinajstić information content (AvgIpc) is 2.65. The van der Waals surface area contributed by atoms with Crippen LogP contribution >= 0.6 is 11.6 Å². The Bertz CT molecular complexity index is 446. The second-order valence-electron chi connectivity index (χ2n) is 5.56. The summed E-state index contributed by atoms with van der Waals surface area (Å²) >= 11 is 6.34. The van der Waals surface area contributed by atoms with Gasteiger partial charge in [-0.25, -0.2) is 4.39 Å². The maximum absolute atomic E-state index is 14.9. The van der Waals surface area contributed by atoms with Gasteiger partial charge < -0.3 is 5.73 Å². The molecule has 1 heterocycles. The van der Waals surface area contributed by atoms with Crippen molar-refractivity contribution in [1.82, 2.24) is 9.78 Å². The van der Waals surface area contributed by atoms with Crippen LogP contribution in [0.1, 0.15) is 50.9 Å². The second kappa shape index (κ2) is 5.80. The van der Waals surface area contributed by atoms with Gasteiger partial charge in [0, 0.05) is 19.0 Å². The van der Waals surface area contributed by atoms with Crippen LogP contribution in [0.4, 0.5) is 4.39 Å². The molecule has 1 saturated carbocycles. The topological polar surface area (TPSA) is 43.8 Å². The minimum Gasteiger partial charge on any atom is -0.328 e. The number of hydrogen-bond acceptors (Lipinski definition) is 2. The van der Waals surface area contributed by atoms with E-state index >= 15 is 0 Å². The van der Waals surface area contributed by atoms with Crippen molar-refractivity contribution in [3.05, 3.63) is 16.4 Å². The van der Waals surface area contributed by atoms with E-state index in [9.17, 15) is 4.39 Å². The van der Waals surface area contributed by atoms with Crippen LogP contribution in [-0.2, 0) is 19.4 Å². The molecule has 2 rings (SSSR count). The Morgan fingerprint density at radius 1 is 1.53 bits per heavy atom. The maximum Gasteiger partial charge on any atom is 0.118 e. The van der Waals surface area contributed by atoms with Crippen LogP contribution in [0.25, 0.3) is 0 Å². The van der Waals surface area contributed by atoms with Crippen molar-refractivity contribution in [2.24, 2.45) is 5.73 Å². The average molecular weight is 288 g/mol. The van der Waals surface area contributed by atoms with Gasteiger partial charge in [0.25, 0.3) is 0 Å². The lowest BCUT2D eigenvalue weighted by atomic mass is 9.80. The normalized spacial score (nSPS) is 27.7. The zero-order valence-corrected chi connectivity index (χ0v) is 12.5. The molecule has 1 aliphatic carbocycles. The third-order valence-corrected chi connectivity index (χ3v) is 4.44. The summed E-state index contributed by atoms with van der Waals surface area (Å²) in [6.45, 7) is 4.74. The lowest BCUT2D eigenvalue weighted by Gasteiger charge is -2.33. The summed E-state index contributed by atoms with van der Waals surface area (Å²) < 4.78 is 16.8. The van der Waals surface area contributed by atoms with E-state index in [1.54, 1.807) is 0 Å². The molecule has 1 aliphatic rings. The van der Waals surface area contributed by atoms with Crippen LogP contribution in [0.15, 0.2) is 0 Å². The first-order chi connectivity index (χ1) is 8.99. The molecule has 0 bridgehead atoms. The molecule has 0 aromatic carbocycles. The number of nitrogens with two attached hydrogens (primary N) is 1. The molecule has 1 aromatic heterocycles. The van der Waals surface area contributed by atoms with Crippen LogP contribution in [0, 0.1) is 0 Å². The van der Waals surface area contributed by atoms with E-state index in [1.165, 1.54) is 0 Å². The molecule has 0 amide bonds. The number of alkyl halides is 1. The highest BCUT2D eigenvalue weighted by Gasteiger charge is 2.37. The van der Waals surface area contributed by atoms with Gasteiger partial charge in [0.1, 0.15) is 5.67 Å². The summed E-state index contributed by atoms with van der Waals surface area (Å²) in [7, 11) is 0. The maximum atomic E-state index is 14.9. The van der Waals surface area contributed by atoms with Crippen molar-refractivity contribution < 1.29 is 4.39 Å². The van der Waals surface area contributed by atoms with Crippen LogP contribution < -0.4 is 5.73 Å². The van der Waals surface area contributed by atoms with Crippen molar-refractivity contribution in [2.45, 2.75) is 70.6 Å². The van der Waals surface area contributed by atoms with Crippen LogP contribution in [-0.4, -0.2) is 21.5 Å². The Morgan fingerprint density at radius 3 is 2.84 bits per heavy atom. The van der Waals surface area contributed by atoms with Crippen LogP contribution in [0.3, 0.4) is 0 Å². The molecule has 2 atom stereocenters.